The number of para-hydroxylation sites is 1. The minimum absolute atomic E-state index is 0.0959. The number of rotatable bonds is 2. The topological polar surface area (TPSA) is 49.3 Å². The summed E-state index contributed by atoms with van der Waals surface area (Å²) in [5.41, 5.74) is 3.37. The molecule has 0 saturated heterocycles. The van der Waals surface area contributed by atoms with E-state index in [-0.39, 0.29) is 12.0 Å². The van der Waals surface area contributed by atoms with E-state index >= 15 is 0 Å². The summed E-state index contributed by atoms with van der Waals surface area (Å²) in [7, 11) is 0. The van der Waals surface area contributed by atoms with Crippen LogP contribution in [-0.4, -0.2) is 11.1 Å². The largest absolute Gasteiger partial charge is 0.478 e. The van der Waals surface area contributed by atoms with Gasteiger partial charge in [0.1, 0.15) is 0 Å². The van der Waals surface area contributed by atoms with E-state index in [4.69, 9.17) is 0 Å². The predicted octanol–water partition coefficient (Wildman–Crippen LogP) is 4.97. The Balaban J connectivity index is 1.87. The van der Waals surface area contributed by atoms with Gasteiger partial charge in [-0.15, -0.1) is 0 Å². The zero-order valence-electron chi connectivity index (χ0n) is 12.4. The van der Waals surface area contributed by atoms with Crippen LogP contribution in [0.3, 0.4) is 0 Å². The van der Waals surface area contributed by atoms with Crippen molar-refractivity contribution < 1.29 is 9.90 Å². The van der Waals surface area contributed by atoms with Crippen LogP contribution >= 0.6 is 15.9 Å². The molecule has 2 aromatic carbocycles. The molecule has 116 valence electrons. The maximum Gasteiger partial charge on any atom is 0.337 e. The van der Waals surface area contributed by atoms with Crippen molar-refractivity contribution in [3.63, 3.8) is 0 Å². The number of carboxylic acid groups (broad SMARTS) is 1. The molecule has 2 aliphatic rings. The second-order valence-electron chi connectivity index (χ2n) is 6.07. The Morgan fingerprint density at radius 3 is 2.70 bits per heavy atom. The van der Waals surface area contributed by atoms with Gasteiger partial charge in [0.15, 0.2) is 0 Å². The highest BCUT2D eigenvalue weighted by Crippen LogP contribution is 2.51. The van der Waals surface area contributed by atoms with Gasteiger partial charge in [-0.3, -0.25) is 0 Å². The average molecular weight is 370 g/mol. The summed E-state index contributed by atoms with van der Waals surface area (Å²) in [6, 6.07) is 13.8. The maximum atomic E-state index is 11.6. The van der Waals surface area contributed by atoms with Gasteiger partial charge in [-0.25, -0.2) is 4.79 Å². The molecule has 0 saturated carbocycles. The van der Waals surface area contributed by atoms with E-state index in [2.05, 4.69) is 39.5 Å². The fraction of sp³-hybridized carbons (Fsp3) is 0.211. The number of anilines is 1. The third-order valence-electron chi connectivity index (χ3n) is 4.87. The molecule has 0 spiro atoms. The zero-order valence-corrected chi connectivity index (χ0v) is 14.0. The third kappa shape index (κ3) is 2.29. The van der Waals surface area contributed by atoms with Gasteiger partial charge in [0.05, 0.1) is 17.3 Å². The molecule has 0 bridgehead atoms. The number of nitrogens with one attached hydrogen (secondary N) is 1. The lowest BCUT2D eigenvalue weighted by atomic mass is 9.76. The number of halogens is 1. The van der Waals surface area contributed by atoms with Gasteiger partial charge in [-0.1, -0.05) is 58.4 Å². The normalized spacial score (nSPS) is 24.7. The first-order chi connectivity index (χ1) is 11.2. The van der Waals surface area contributed by atoms with Crippen molar-refractivity contribution in [1.29, 1.82) is 0 Å². The minimum atomic E-state index is -0.888. The lowest BCUT2D eigenvalue weighted by Crippen LogP contribution is -2.30. The summed E-state index contributed by atoms with van der Waals surface area (Å²) in [6.07, 6.45) is 5.43. The average Bonchev–Trinajstić information content (AvgIpc) is 3.04. The number of hydrogen-bond donors (Lipinski definition) is 2. The smallest absolute Gasteiger partial charge is 0.337 e. The first kappa shape index (κ1) is 14.5. The van der Waals surface area contributed by atoms with Crippen LogP contribution < -0.4 is 5.32 Å². The SMILES string of the molecule is O=C(O)c1cccc2c1N[C@@H](c1ccccc1Br)[C@H]1CC=C[C@H]21. The van der Waals surface area contributed by atoms with Crippen LogP contribution in [0.4, 0.5) is 5.69 Å². The van der Waals surface area contributed by atoms with Crippen molar-refractivity contribution in [2.24, 2.45) is 5.92 Å². The van der Waals surface area contributed by atoms with Crippen LogP contribution in [0, 0.1) is 5.92 Å². The molecule has 0 aromatic heterocycles. The number of carbonyl (C=O) groups is 1. The number of aromatic carboxylic acids is 1. The van der Waals surface area contributed by atoms with E-state index < -0.39 is 5.97 Å². The molecule has 2 aromatic rings. The summed E-state index contributed by atoms with van der Waals surface area (Å²) >= 11 is 3.64. The van der Waals surface area contributed by atoms with Gasteiger partial charge in [0.2, 0.25) is 0 Å². The monoisotopic (exact) mass is 369 g/mol. The highest BCUT2D eigenvalue weighted by atomic mass is 79.9. The van der Waals surface area contributed by atoms with Crippen molar-refractivity contribution in [2.75, 3.05) is 5.32 Å². The highest BCUT2D eigenvalue weighted by molar-refractivity contribution is 9.10. The Labute approximate surface area is 143 Å². The summed E-state index contributed by atoms with van der Waals surface area (Å²) in [5.74, 6) is -0.214. The van der Waals surface area contributed by atoms with Gasteiger partial charge >= 0.3 is 5.97 Å². The zero-order chi connectivity index (χ0) is 16.0. The second kappa shape index (κ2) is 5.53. The van der Waals surface area contributed by atoms with E-state index in [0.29, 0.717) is 11.5 Å². The molecule has 3 nitrogen and oxygen atoms in total. The molecule has 0 amide bonds. The Morgan fingerprint density at radius 2 is 1.91 bits per heavy atom. The number of benzene rings is 2. The van der Waals surface area contributed by atoms with Gasteiger partial charge in [-0.2, -0.15) is 0 Å². The molecule has 0 fully saturated rings. The quantitative estimate of drug-likeness (QED) is 0.734. The number of fused-ring (bicyclic) bond motifs is 3. The van der Waals surface area contributed by atoms with Gasteiger partial charge in [0, 0.05) is 10.4 Å². The van der Waals surface area contributed by atoms with Crippen LogP contribution in [0.2, 0.25) is 0 Å². The number of carboxylic acids is 1. The Kier molecular flexibility index (Phi) is 3.49. The van der Waals surface area contributed by atoms with Crippen LogP contribution in [0.25, 0.3) is 0 Å². The van der Waals surface area contributed by atoms with E-state index in [1.807, 2.05) is 30.3 Å². The van der Waals surface area contributed by atoms with Crippen LogP contribution in [-0.2, 0) is 0 Å². The van der Waals surface area contributed by atoms with Crippen LogP contribution in [0.5, 0.6) is 0 Å². The molecule has 1 aliphatic heterocycles. The van der Waals surface area contributed by atoms with E-state index in [9.17, 15) is 9.90 Å². The maximum absolute atomic E-state index is 11.6. The van der Waals surface area contributed by atoms with Crippen LogP contribution in [0.15, 0.2) is 59.1 Å². The standard InChI is InChI=1S/C19H16BrNO2/c20-16-10-2-1-5-14(16)17-12-7-3-6-11(12)13-8-4-9-15(19(22)23)18(13)21-17/h1-6,8-12,17,21H,7H2,(H,22,23)/t11-,12-,17+/m0/s1. The lowest BCUT2D eigenvalue weighted by molar-refractivity contribution is 0.0697. The molecule has 4 rings (SSSR count). The van der Waals surface area contributed by atoms with Crippen molar-refractivity contribution in [3.05, 3.63) is 75.8 Å². The molecule has 0 unspecified atom stereocenters. The fourth-order valence-electron chi connectivity index (χ4n) is 3.83. The minimum Gasteiger partial charge on any atom is -0.478 e. The Morgan fingerprint density at radius 1 is 1.13 bits per heavy atom. The molecule has 4 heteroatoms. The molecule has 2 N–H and O–H groups in total. The van der Waals surface area contributed by atoms with Crippen molar-refractivity contribution in [1.82, 2.24) is 0 Å². The second-order valence-corrected chi connectivity index (χ2v) is 6.93. The molecular weight excluding hydrogens is 354 g/mol. The van der Waals surface area contributed by atoms with Crippen molar-refractivity contribution in [3.8, 4) is 0 Å². The van der Waals surface area contributed by atoms with E-state index in [0.717, 1.165) is 22.1 Å². The predicted molar refractivity (Wildman–Crippen MR) is 93.9 cm³/mol. The fourth-order valence-corrected chi connectivity index (χ4v) is 4.37. The molecular formula is C19H16BrNO2. The highest BCUT2D eigenvalue weighted by Gasteiger charge is 2.39. The van der Waals surface area contributed by atoms with Crippen molar-refractivity contribution >= 4 is 27.6 Å². The summed E-state index contributed by atoms with van der Waals surface area (Å²) < 4.78 is 1.06. The molecule has 0 radical (unpaired) electrons. The molecule has 1 heterocycles. The third-order valence-corrected chi connectivity index (χ3v) is 5.59. The number of hydrogen-bond acceptors (Lipinski definition) is 2. The van der Waals surface area contributed by atoms with Gasteiger partial charge < -0.3 is 10.4 Å². The lowest BCUT2D eigenvalue weighted by Gasteiger charge is -2.38. The van der Waals surface area contributed by atoms with Gasteiger partial charge in [-0.05, 0) is 35.6 Å². The van der Waals surface area contributed by atoms with E-state index in [1.165, 1.54) is 5.56 Å². The first-order valence-corrected chi connectivity index (χ1v) is 8.50. The summed E-state index contributed by atoms with van der Waals surface area (Å²) in [4.78, 5) is 11.6. The summed E-state index contributed by atoms with van der Waals surface area (Å²) in [6.45, 7) is 0. The Hall–Kier alpha value is -2.07. The van der Waals surface area contributed by atoms with Crippen LogP contribution in [0.1, 0.15) is 39.9 Å². The Bertz CT molecular complexity index is 815. The number of allylic oxidation sites excluding steroid dienone is 2. The summed E-state index contributed by atoms with van der Waals surface area (Å²) in [5, 5.41) is 13.1. The van der Waals surface area contributed by atoms with Crippen molar-refractivity contribution in [2.45, 2.75) is 18.4 Å². The molecule has 23 heavy (non-hydrogen) atoms. The molecule has 1 aliphatic carbocycles. The van der Waals surface area contributed by atoms with Gasteiger partial charge in [0.25, 0.3) is 0 Å². The molecule has 3 atom stereocenters. The first-order valence-electron chi connectivity index (χ1n) is 7.70. The van der Waals surface area contributed by atoms with E-state index in [1.54, 1.807) is 6.07 Å².